The van der Waals surface area contributed by atoms with Crippen LogP contribution >= 0.6 is 0 Å². The Bertz CT molecular complexity index is 406. The monoisotopic (exact) mass is 301 g/mol. The van der Waals surface area contributed by atoms with Gasteiger partial charge in [-0.15, -0.1) is 0 Å². The number of esters is 2. The highest BCUT2D eigenvalue weighted by atomic mass is 16.9. The van der Waals surface area contributed by atoms with Crippen LogP contribution in [0.15, 0.2) is 0 Å². The minimum absolute atomic E-state index is 0.107. The Labute approximate surface area is 124 Å². The van der Waals surface area contributed by atoms with Crippen molar-refractivity contribution in [1.29, 1.82) is 0 Å². The van der Waals surface area contributed by atoms with Crippen molar-refractivity contribution < 1.29 is 28.8 Å². The summed E-state index contributed by atoms with van der Waals surface area (Å²) in [6.07, 6.45) is 2.16. The third-order valence-electron chi connectivity index (χ3n) is 3.24. The van der Waals surface area contributed by atoms with Crippen molar-refractivity contribution in [3.63, 3.8) is 0 Å². The second kappa shape index (κ2) is 8.49. The predicted octanol–water partition coefficient (Wildman–Crippen LogP) is 1.57. The lowest BCUT2D eigenvalue weighted by molar-refractivity contribution is -0.737. The molecule has 1 aliphatic rings. The maximum Gasteiger partial charge on any atom is 0.405 e. The van der Waals surface area contributed by atoms with Crippen molar-refractivity contribution in [2.75, 3.05) is 13.2 Å². The van der Waals surface area contributed by atoms with E-state index in [-0.39, 0.29) is 23.8 Å². The van der Waals surface area contributed by atoms with Gasteiger partial charge in [-0.2, -0.15) is 0 Å². The molecular formula is C14H23NO6. The van der Waals surface area contributed by atoms with Crippen molar-refractivity contribution in [3.8, 4) is 0 Å². The molecule has 2 atom stereocenters. The molecular weight excluding hydrogens is 278 g/mol. The molecule has 0 fully saturated rings. The molecule has 0 amide bonds. The van der Waals surface area contributed by atoms with E-state index in [0.29, 0.717) is 6.42 Å². The van der Waals surface area contributed by atoms with Crippen LogP contribution in [0.5, 0.6) is 0 Å². The predicted molar refractivity (Wildman–Crippen MR) is 74.4 cm³/mol. The maximum atomic E-state index is 11.9. The second-order valence-electron chi connectivity index (χ2n) is 4.74. The van der Waals surface area contributed by atoms with E-state index >= 15 is 0 Å². The zero-order chi connectivity index (χ0) is 15.8. The Hall–Kier alpha value is -1.79. The summed E-state index contributed by atoms with van der Waals surface area (Å²) in [5.74, 6) is -1.98. The summed E-state index contributed by atoms with van der Waals surface area (Å²) in [7, 11) is 0. The van der Waals surface area contributed by atoms with Gasteiger partial charge in [-0.05, 0) is 20.3 Å². The van der Waals surface area contributed by atoms with E-state index in [9.17, 15) is 14.8 Å². The van der Waals surface area contributed by atoms with Crippen molar-refractivity contribution >= 4 is 17.7 Å². The molecule has 0 aliphatic carbocycles. The van der Waals surface area contributed by atoms with Crippen molar-refractivity contribution in [2.24, 2.45) is 5.92 Å². The number of hydrogen-bond donors (Lipinski definition) is 0. The smallest absolute Gasteiger partial charge is 0.405 e. The zero-order valence-electron chi connectivity index (χ0n) is 12.8. The summed E-state index contributed by atoms with van der Waals surface area (Å²) < 4.78 is 9.77. The largest absolute Gasteiger partial charge is 0.465 e. The van der Waals surface area contributed by atoms with Gasteiger partial charge in [0.25, 0.3) is 0 Å². The number of nitrogens with zero attached hydrogens (tertiary/aromatic N) is 1. The molecule has 7 heteroatoms. The minimum atomic E-state index is -1.07. The Kier molecular flexibility index (Phi) is 6.98. The molecule has 0 spiro atoms. The van der Waals surface area contributed by atoms with Gasteiger partial charge in [0.15, 0.2) is 6.10 Å². The highest BCUT2D eigenvalue weighted by Crippen LogP contribution is 2.26. The quantitative estimate of drug-likeness (QED) is 0.384. The van der Waals surface area contributed by atoms with Crippen LogP contribution < -0.4 is 0 Å². The van der Waals surface area contributed by atoms with Gasteiger partial charge in [0.2, 0.25) is 0 Å². The molecule has 1 aliphatic heterocycles. The van der Waals surface area contributed by atoms with E-state index in [4.69, 9.17) is 14.3 Å². The molecule has 2 unspecified atom stereocenters. The van der Waals surface area contributed by atoms with E-state index in [0.717, 1.165) is 19.3 Å². The fourth-order valence-electron chi connectivity index (χ4n) is 2.28. The topological polar surface area (TPSA) is 87.9 Å². The van der Waals surface area contributed by atoms with Crippen LogP contribution in [0.1, 0.15) is 46.5 Å². The van der Waals surface area contributed by atoms with Crippen molar-refractivity contribution in [3.05, 3.63) is 5.21 Å². The van der Waals surface area contributed by atoms with E-state index in [1.54, 1.807) is 13.8 Å². The second-order valence-corrected chi connectivity index (χ2v) is 4.74. The highest BCUT2D eigenvalue weighted by Gasteiger charge is 2.48. The van der Waals surface area contributed by atoms with Crippen molar-refractivity contribution in [2.45, 2.75) is 52.6 Å². The van der Waals surface area contributed by atoms with Crippen LogP contribution in [0.3, 0.4) is 0 Å². The Morgan fingerprint density at radius 2 is 1.86 bits per heavy atom. The first-order chi connectivity index (χ1) is 10.1. The number of hydrogen-bond acceptors (Lipinski definition) is 6. The molecule has 7 nitrogen and oxygen atoms in total. The molecule has 21 heavy (non-hydrogen) atoms. The van der Waals surface area contributed by atoms with Crippen LogP contribution in [0.2, 0.25) is 0 Å². The minimum Gasteiger partial charge on any atom is -0.465 e. The average Bonchev–Trinajstić information content (AvgIpc) is 2.77. The number of ether oxygens (including phenoxy) is 2. The molecule has 0 aromatic carbocycles. The molecule has 0 aromatic heterocycles. The molecule has 0 saturated carbocycles. The summed E-state index contributed by atoms with van der Waals surface area (Å²) in [5, 5.41) is 11.8. The van der Waals surface area contributed by atoms with Crippen LogP contribution in [0.4, 0.5) is 0 Å². The third kappa shape index (κ3) is 4.34. The number of rotatable bonds is 8. The van der Waals surface area contributed by atoms with E-state index < -0.39 is 24.0 Å². The molecule has 0 saturated heterocycles. The highest BCUT2D eigenvalue weighted by molar-refractivity contribution is 6.35. The summed E-state index contributed by atoms with van der Waals surface area (Å²) >= 11 is 0. The SMILES string of the molecule is CCCCCC1C(C(=O)OCC)=[N+]([O-])OC1C(=O)OCC. The van der Waals surface area contributed by atoms with Gasteiger partial charge in [0.05, 0.1) is 24.0 Å². The standard InChI is InChI=1S/C14H23NO6/c1-4-7-8-9-10-11(13(16)19-5-2)15(18)21-12(10)14(17)20-6-3/h10,12H,4-9H2,1-3H3. The van der Waals surface area contributed by atoms with Gasteiger partial charge >= 0.3 is 17.7 Å². The lowest BCUT2D eigenvalue weighted by Gasteiger charge is -2.16. The van der Waals surface area contributed by atoms with E-state index in [1.165, 1.54) is 0 Å². The van der Waals surface area contributed by atoms with Gasteiger partial charge in [-0.1, -0.05) is 26.2 Å². The fraction of sp³-hybridized carbons (Fsp3) is 0.786. The van der Waals surface area contributed by atoms with Crippen LogP contribution in [0, 0.1) is 11.1 Å². The number of carbonyl (C=O) groups is 2. The Balaban J connectivity index is 2.89. The van der Waals surface area contributed by atoms with Crippen molar-refractivity contribution in [1.82, 2.24) is 0 Å². The first-order valence-electron chi connectivity index (χ1n) is 7.41. The summed E-state index contributed by atoms with van der Waals surface area (Å²) in [6.45, 7) is 5.71. The molecule has 1 rings (SSSR count). The van der Waals surface area contributed by atoms with Gasteiger partial charge in [0.1, 0.15) is 0 Å². The first kappa shape index (κ1) is 17.3. The maximum absolute atomic E-state index is 11.9. The van der Waals surface area contributed by atoms with Gasteiger partial charge < -0.3 is 14.3 Å². The lowest BCUT2D eigenvalue weighted by atomic mass is 9.91. The average molecular weight is 301 g/mol. The number of unbranched alkanes of at least 4 members (excludes halogenated alkanes) is 2. The fourth-order valence-corrected chi connectivity index (χ4v) is 2.28. The van der Waals surface area contributed by atoms with E-state index in [2.05, 4.69) is 0 Å². The molecule has 0 aromatic rings. The molecule has 1 heterocycles. The zero-order valence-corrected chi connectivity index (χ0v) is 12.8. The summed E-state index contributed by atoms with van der Waals surface area (Å²) in [6, 6.07) is 0. The number of carbonyl (C=O) groups excluding carboxylic acids is 2. The summed E-state index contributed by atoms with van der Waals surface area (Å²) in [4.78, 5) is 28.8. The molecule has 120 valence electrons. The normalized spacial score (nSPS) is 21.1. The summed E-state index contributed by atoms with van der Waals surface area (Å²) in [5.41, 5.74) is -0.147. The van der Waals surface area contributed by atoms with Crippen LogP contribution in [0.25, 0.3) is 0 Å². The van der Waals surface area contributed by atoms with Gasteiger partial charge in [-0.3, -0.25) is 10.0 Å². The Morgan fingerprint density at radius 1 is 1.19 bits per heavy atom. The molecule has 0 N–H and O–H groups in total. The van der Waals surface area contributed by atoms with Gasteiger partial charge in [0, 0.05) is 0 Å². The first-order valence-corrected chi connectivity index (χ1v) is 7.41. The molecule has 0 bridgehead atoms. The van der Waals surface area contributed by atoms with Gasteiger partial charge in [-0.25, -0.2) is 4.79 Å². The lowest BCUT2D eigenvalue weighted by Crippen LogP contribution is -2.36. The van der Waals surface area contributed by atoms with E-state index in [1.807, 2.05) is 6.92 Å². The third-order valence-corrected chi connectivity index (χ3v) is 3.24. The Morgan fingerprint density at radius 3 is 2.43 bits per heavy atom. The van der Waals surface area contributed by atoms with Crippen LogP contribution in [-0.4, -0.2) is 41.9 Å². The molecule has 0 radical (unpaired) electrons. The van der Waals surface area contributed by atoms with Crippen LogP contribution in [-0.2, 0) is 23.9 Å².